The summed E-state index contributed by atoms with van der Waals surface area (Å²) >= 11 is 0. The zero-order valence-electron chi connectivity index (χ0n) is 17.0. The van der Waals surface area contributed by atoms with Crippen LogP contribution in [-0.4, -0.2) is 50.8 Å². The number of carbonyl (C=O) groups is 1. The van der Waals surface area contributed by atoms with Crippen molar-refractivity contribution < 1.29 is 14.3 Å². The van der Waals surface area contributed by atoms with Gasteiger partial charge in [0.25, 0.3) is 0 Å². The van der Waals surface area contributed by atoms with E-state index in [2.05, 4.69) is 28.4 Å². The van der Waals surface area contributed by atoms with Gasteiger partial charge in [-0.2, -0.15) is 0 Å². The summed E-state index contributed by atoms with van der Waals surface area (Å²) in [5.41, 5.74) is 2.23. The number of carbonyl (C=O) groups excluding carboxylic acids is 1. The van der Waals surface area contributed by atoms with Crippen LogP contribution in [0.4, 0.5) is 0 Å². The van der Waals surface area contributed by atoms with Crippen molar-refractivity contribution in [3.05, 3.63) is 65.7 Å². The van der Waals surface area contributed by atoms with E-state index in [0.717, 1.165) is 42.8 Å². The van der Waals surface area contributed by atoms with Gasteiger partial charge in [-0.15, -0.1) is 0 Å². The minimum Gasteiger partial charge on any atom is -0.496 e. The summed E-state index contributed by atoms with van der Waals surface area (Å²) < 4.78 is 11.2. The molecular weight excluding hydrogens is 364 g/mol. The van der Waals surface area contributed by atoms with E-state index in [1.54, 1.807) is 7.11 Å². The number of hydrogen-bond acceptors (Lipinski definition) is 4. The molecule has 2 unspecified atom stereocenters. The Morgan fingerprint density at radius 1 is 1.10 bits per heavy atom. The summed E-state index contributed by atoms with van der Waals surface area (Å²) in [5, 5.41) is 3.27. The average Bonchev–Trinajstić information content (AvgIpc) is 3.61. The molecule has 1 saturated heterocycles. The fourth-order valence-electron chi connectivity index (χ4n) is 4.30. The molecule has 2 aliphatic rings. The number of methoxy groups -OCH3 is 1. The number of amides is 1. The number of nitrogens with zero attached hydrogens (tertiary/aromatic N) is 1. The summed E-state index contributed by atoms with van der Waals surface area (Å²) in [4.78, 5) is 15.6. The van der Waals surface area contributed by atoms with Crippen LogP contribution >= 0.6 is 0 Å². The van der Waals surface area contributed by atoms with Gasteiger partial charge >= 0.3 is 0 Å². The van der Waals surface area contributed by atoms with Crippen molar-refractivity contribution in [1.29, 1.82) is 0 Å². The van der Waals surface area contributed by atoms with Gasteiger partial charge in [0.2, 0.25) is 5.91 Å². The zero-order valence-corrected chi connectivity index (χ0v) is 17.0. The lowest BCUT2D eigenvalue weighted by atomic mass is 9.93. The van der Waals surface area contributed by atoms with Gasteiger partial charge in [-0.3, -0.25) is 9.69 Å². The summed E-state index contributed by atoms with van der Waals surface area (Å²) in [6, 6.07) is 18.3. The van der Waals surface area contributed by atoms with E-state index in [4.69, 9.17) is 9.47 Å². The maximum Gasteiger partial charge on any atom is 0.227 e. The van der Waals surface area contributed by atoms with Gasteiger partial charge < -0.3 is 14.8 Å². The first kappa shape index (κ1) is 19.9. The first-order chi connectivity index (χ1) is 14.3. The van der Waals surface area contributed by atoms with Crippen LogP contribution in [0.15, 0.2) is 54.6 Å². The molecule has 2 aromatic rings. The number of hydrogen-bond donors (Lipinski definition) is 1. The first-order valence-electron chi connectivity index (χ1n) is 10.6. The number of para-hydroxylation sites is 1. The molecule has 0 aromatic heterocycles. The molecule has 5 nitrogen and oxygen atoms in total. The molecule has 29 heavy (non-hydrogen) atoms. The van der Waals surface area contributed by atoms with Crippen LogP contribution in [0.2, 0.25) is 0 Å². The summed E-state index contributed by atoms with van der Waals surface area (Å²) in [6.07, 6.45) is 2.26. The molecule has 4 rings (SSSR count). The number of benzene rings is 2. The third kappa shape index (κ3) is 4.80. The van der Waals surface area contributed by atoms with Crippen LogP contribution in [0.1, 0.15) is 35.9 Å². The van der Waals surface area contributed by atoms with Crippen LogP contribution in [-0.2, 0) is 9.53 Å². The van der Waals surface area contributed by atoms with E-state index in [-0.39, 0.29) is 17.9 Å². The van der Waals surface area contributed by atoms with Crippen molar-refractivity contribution in [2.75, 3.05) is 40.0 Å². The Hall–Kier alpha value is -2.37. The van der Waals surface area contributed by atoms with Crippen molar-refractivity contribution in [1.82, 2.24) is 10.2 Å². The molecule has 2 aromatic carbocycles. The van der Waals surface area contributed by atoms with Gasteiger partial charge in [-0.1, -0.05) is 48.5 Å². The molecule has 1 aliphatic heterocycles. The molecule has 1 saturated carbocycles. The van der Waals surface area contributed by atoms with E-state index in [1.807, 2.05) is 36.4 Å². The lowest BCUT2D eigenvalue weighted by Gasteiger charge is -2.35. The average molecular weight is 395 g/mol. The summed E-state index contributed by atoms with van der Waals surface area (Å²) in [5.74, 6) is 1.40. The van der Waals surface area contributed by atoms with Gasteiger partial charge in [0.05, 0.1) is 32.3 Å². The Balaban J connectivity index is 1.52. The molecule has 1 N–H and O–H groups in total. The van der Waals surface area contributed by atoms with Gasteiger partial charge in [-0.05, 0) is 30.4 Å². The Labute approximate surface area is 173 Å². The molecular formula is C24H30N2O3. The highest BCUT2D eigenvalue weighted by atomic mass is 16.5. The lowest BCUT2D eigenvalue weighted by molar-refractivity contribution is -0.123. The number of ether oxygens (including phenoxy) is 2. The molecule has 0 bridgehead atoms. The van der Waals surface area contributed by atoms with Gasteiger partial charge in [-0.25, -0.2) is 0 Å². The standard InChI is InChI=1S/C24H30N2O3/c1-28-22-10-6-5-9-20(22)21(26-13-15-29-16-14-26)17-25-24(27)23(19-11-12-19)18-7-3-2-4-8-18/h2-10,19,21,23H,11-17H2,1H3,(H,25,27). The maximum absolute atomic E-state index is 13.2. The normalized spacial score (nSPS) is 19.3. The Morgan fingerprint density at radius 2 is 1.79 bits per heavy atom. The molecule has 1 amide bonds. The van der Waals surface area contributed by atoms with Gasteiger partial charge in [0.15, 0.2) is 0 Å². The van der Waals surface area contributed by atoms with Crippen LogP contribution < -0.4 is 10.1 Å². The maximum atomic E-state index is 13.2. The third-order valence-corrected chi connectivity index (χ3v) is 5.99. The van der Waals surface area contributed by atoms with E-state index in [1.165, 1.54) is 0 Å². The number of rotatable bonds is 8. The van der Waals surface area contributed by atoms with Crippen LogP contribution in [0.5, 0.6) is 5.75 Å². The molecule has 5 heteroatoms. The number of nitrogens with one attached hydrogen (secondary N) is 1. The lowest BCUT2D eigenvalue weighted by Crippen LogP contribution is -2.44. The second-order valence-electron chi connectivity index (χ2n) is 7.88. The highest BCUT2D eigenvalue weighted by molar-refractivity contribution is 5.84. The molecule has 154 valence electrons. The van der Waals surface area contributed by atoms with Crippen LogP contribution in [0.25, 0.3) is 0 Å². The highest BCUT2D eigenvalue weighted by Crippen LogP contribution is 2.42. The SMILES string of the molecule is COc1ccccc1C(CNC(=O)C(c1ccccc1)C1CC1)N1CCOCC1. The molecule has 1 aliphatic carbocycles. The Morgan fingerprint density at radius 3 is 2.48 bits per heavy atom. The van der Waals surface area contributed by atoms with E-state index in [0.29, 0.717) is 25.7 Å². The smallest absolute Gasteiger partial charge is 0.227 e. The summed E-state index contributed by atoms with van der Waals surface area (Å²) in [6.45, 7) is 3.70. The molecule has 0 spiro atoms. The van der Waals surface area contributed by atoms with E-state index >= 15 is 0 Å². The number of morpholine rings is 1. The molecule has 0 radical (unpaired) electrons. The molecule has 2 atom stereocenters. The van der Waals surface area contributed by atoms with Crippen molar-refractivity contribution in [2.24, 2.45) is 5.92 Å². The third-order valence-electron chi connectivity index (χ3n) is 5.99. The van der Waals surface area contributed by atoms with E-state index < -0.39 is 0 Å². The van der Waals surface area contributed by atoms with Gasteiger partial charge in [0, 0.05) is 25.2 Å². The largest absolute Gasteiger partial charge is 0.496 e. The predicted octanol–water partition coefficient (Wildman–Crippen LogP) is 3.38. The fourth-order valence-corrected chi connectivity index (χ4v) is 4.30. The first-order valence-corrected chi connectivity index (χ1v) is 10.6. The fraction of sp³-hybridized carbons (Fsp3) is 0.458. The van der Waals surface area contributed by atoms with Crippen LogP contribution in [0.3, 0.4) is 0 Å². The minimum atomic E-state index is -0.0563. The molecule has 2 fully saturated rings. The molecule has 1 heterocycles. The summed E-state index contributed by atoms with van der Waals surface area (Å²) in [7, 11) is 1.70. The second kappa shape index (κ2) is 9.42. The van der Waals surface area contributed by atoms with Crippen LogP contribution in [0, 0.1) is 5.92 Å². The van der Waals surface area contributed by atoms with Crippen molar-refractivity contribution in [2.45, 2.75) is 24.8 Å². The minimum absolute atomic E-state index is 0.0563. The zero-order chi connectivity index (χ0) is 20.1. The monoisotopic (exact) mass is 394 g/mol. The highest BCUT2D eigenvalue weighted by Gasteiger charge is 2.37. The van der Waals surface area contributed by atoms with Crippen molar-refractivity contribution >= 4 is 5.91 Å². The van der Waals surface area contributed by atoms with E-state index in [9.17, 15) is 4.79 Å². The quantitative estimate of drug-likeness (QED) is 0.746. The van der Waals surface area contributed by atoms with Crippen molar-refractivity contribution in [3.63, 3.8) is 0 Å². The Bertz CT molecular complexity index is 801. The predicted molar refractivity (Wildman–Crippen MR) is 113 cm³/mol. The second-order valence-corrected chi connectivity index (χ2v) is 7.88. The topological polar surface area (TPSA) is 50.8 Å². The van der Waals surface area contributed by atoms with Gasteiger partial charge in [0.1, 0.15) is 5.75 Å². The Kier molecular flexibility index (Phi) is 6.47. The van der Waals surface area contributed by atoms with Crippen molar-refractivity contribution in [3.8, 4) is 5.75 Å².